The lowest BCUT2D eigenvalue weighted by molar-refractivity contribution is -0.387. The lowest BCUT2D eigenvalue weighted by Gasteiger charge is -2.18. The van der Waals surface area contributed by atoms with Gasteiger partial charge in [-0.05, 0) is 66.6 Å². The number of amides is 3. The molecule has 2 aromatic carbocycles. The number of nitro benzene ring substituents is 1. The van der Waals surface area contributed by atoms with Crippen LogP contribution >= 0.6 is 35.1 Å². The molecule has 0 aromatic heterocycles. The molecule has 33 heavy (non-hydrogen) atoms. The molecule has 11 heteroatoms. The highest BCUT2D eigenvalue weighted by molar-refractivity contribution is 8.18. The molecule has 0 aliphatic carbocycles. The fraction of sp³-hybridized carbons (Fsp3) is 0.227. The molecule has 2 aliphatic heterocycles. The summed E-state index contributed by atoms with van der Waals surface area (Å²) in [5, 5.41) is 11.7. The Bertz CT molecular complexity index is 1160. The van der Waals surface area contributed by atoms with Crippen LogP contribution in [0.3, 0.4) is 0 Å². The minimum atomic E-state index is -0.570. The van der Waals surface area contributed by atoms with E-state index in [-0.39, 0.29) is 23.0 Å². The number of nitrogens with zero attached hydrogens (tertiary/aromatic N) is 3. The Morgan fingerprint density at radius 3 is 2.52 bits per heavy atom. The summed E-state index contributed by atoms with van der Waals surface area (Å²) in [6.07, 6.45) is 3.27. The van der Waals surface area contributed by atoms with Crippen LogP contribution in [0, 0.1) is 10.1 Å². The number of hydrogen-bond acceptors (Lipinski definition) is 7. The van der Waals surface area contributed by atoms with Crippen LogP contribution in [-0.4, -0.2) is 51.4 Å². The second-order valence-electron chi connectivity index (χ2n) is 7.40. The van der Waals surface area contributed by atoms with Gasteiger partial charge in [-0.3, -0.25) is 29.4 Å². The van der Waals surface area contributed by atoms with E-state index in [1.165, 1.54) is 23.9 Å². The molecule has 0 unspecified atom stereocenters. The third-order valence-corrected chi connectivity index (χ3v) is 7.38. The lowest BCUT2D eigenvalue weighted by atomic mass is 10.2. The molecule has 0 spiro atoms. The summed E-state index contributed by atoms with van der Waals surface area (Å²) >= 11 is 7.84. The van der Waals surface area contributed by atoms with Crippen molar-refractivity contribution < 1.29 is 19.3 Å². The zero-order valence-corrected chi connectivity index (χ0v) is 19.6. The topological polar surface area (TPSA) is 101 Å². The Morgan fingerprint density at radius 2 is 1.85 bits per heavy atom. The fourth-order valence-electron chi connectivity index (χ4n) is 3.47. The van der Waals surface area contributed by atoms with Crippen molar-refractivity contribution in [1.29, 1.82) is 0 Å². The number of likely N-dealkylation sites (tertiary alicyclic amines) is 1. The van der Waals surface area contributed by atoms with Gasteiger partial charge < -0.3 is 4.90 Å². The summed E-state index contributed by atoms with van der Waals surface area (Å²) in [7, 11) is 0. The highest BCUT2D eigenvalue weighted by atomic mass is 35.5. The van der Waals surface area contributed by atoms with E-state index in [1.807, 2.05) is 0 Å². The molecule has 0 bridgehead atoms. The Balaban J connectivity index is 1.53. The molecule has 0 radical (unpaired) electrons. The molecule has 0 N–H and O–H groups in total. The average molecular weight is 504 g/mol. The van der Waals surface area contributed by atoms with Gasteiger partial charge in [-0.25, -0.2) is 0 Å². The van der Waals surface area contributed by atoms with Crippen LogP contribution in [-0.2, 0) is 9.59 Å². The SMILES string of the molecule is O=C(CN1C(=O)SC(=Cc2ccc(Sc3ccc(Cl)cc3)c([N+](=O)[O-])c2)C1=O)N1CCCC1. The first-order valence-electron chi connectivity index (χ1n) is 10.1. The van der Waals surface area contributed by atoms with E-state index in [0.717, 1.165) is 34.4 Å². The first kappa shape index (κ1) is 23.3. The van der Waals surface area contributed by atoms with Gasteiger partial charge in [0.2, 0.25) is 5.91 Å². The van der Waals surface area contributed by atoms with Gasteiger partial charge in [-0.15, -0.1) is 0 Å². The first-order chi connectivity index (χ1) is 15.8. The monoisotopic (exact) mass is 503 g/mol. The van der Waals surface area contributed by atoms with E-state index >= 15 is 0 Å². The molecule has 2 fully saturated rings. The van der Waals surface area contributed by atoms with Gasteiger partial charge in [0.05, 0.1) is 14.7 Å². The van der Waals surface area contributed by atoms with Crippen LogP contribution in [0.5, 0.6) is 0 Å². The smallest absolute Gasteiger partial charge is 0.294 e. The Morgan fingerprint density at radius 1 is 1.15 bits per heavy atom. The number of nitro groups is 1. The number of halogens is 1. The quantitative estimate of drug-likeness (QED) is 0.308. The van der Waals surface area contributed by atoms with E-state index < -0.39 is 16.1 Å². The number of rotatable bonds is 6. The standard InChI is InChI=1S/C22H18ClN3O5S2/c23-15-4-6-16(7-5-15)32-18-8-3-14(11-17(18)26(30)31)12-19-21(28)25(22(29)33-19)13-20(27)24-9-1-2-10-24/h3-8,11-12H,1-2,9-10,13H2. The molecule has 2 heterocycles. The maximum atomic E-state index is 12.7. The summed E-state index contributed by atoms with van der Waals surface area (Å²) < 4.78 is 0. The molecular formula is C22H18ClN3O5S2. The lowest BCUT2D eigenvalue weighted by Crippen LogP contribution is -2.40. The fourth-order valence-corrected chi connectivity index (χ4v) is 5.34. The normalized spacial score (nSPS) is 17.3. The predicted molar refractivity (Wildman–Crippen MR) is 127 cm³/mol. The molecule has 4 rings (SSSR count). The van der Waals surface area contributed by atoms with Crippen molar-refractivity contribution in [3.8, 4) is 0 Å². The summed E-state index contributed by atoms with van der Waals surface area (Å²) in [5.74, 6) is -0.824. The second-order valence-corrected chi connectivity index (χ2v) is 9.94. The van der Waals surface area contributed by atoms with Crippen LogP contribution in [0.2, 0.25) is 5.02 Å². The highest BCUT2D eigenvalue weighted by Gasteiger charge is 2.37. The van der Waals surface area contributed by atoms with Crippen LogP contribution in [0.1, 0.15) is 18.4 Å². The number of benzene rings is 2. The van der Waals surface area contributed by atoms with Gasteiger partial charge in [-0.2, -0.15) is 0 Å². The molecule has 2 aliphatic rings. The van der Waals surface area contributed by atoms with Gasteiger partial charge in [0.1, 0.15) is 6.54 Å². The predicted octanol–water partition coefficient (Wildman–Crippen LogP) is 5.06. The minimum Gasteiger partial charge on any atom is -0.341 e. The van der Waals surface area contributed by atoms with E-state index in [4.69, 9.17) is 11.6 Å². The Labute approximate surface area is 203 Å². The Hall–Kier alpha value is -2.82. The van der Waals surface area contributed by atoms with Crippen molar-refractivity contribution in [2.45, 2.75) is 22.6 Å². The minimum absolute atomic E-state index is 0.118. The van der Waals surface area contributed by atoms with Gasteiger partial charge in [0, 0.05) is 29.1 Å². The van der Waals surface area contributed by atoms with E-state index in [2.05, 4.69) is 0 Å². The van der Waals surface area contributed by atoms with Crippen molar-refractivity contribution in [2.24, 2.45) is 0 Å². The summed E-state index contributed by atoms with van der Waals surface area (Å²) in [5.41, 5.74) is 0.297. The van der Waals surface area contributed by atoms with Crippen molar-refractivity contribution in [2.75, 3.05) is 19.6 Å². The molecule has 8 nitrogen and oxygen atoms in total. The summed E-state index contributed by atoms with van der Waals surface area (Å²) in [4.78, 5) is 52.5. The van der Waals surface area contributed by atoms with Gasteiger partial charge in [0.15, 0.2) is 0 Å². The third-order valence-electron chi connectivity index (χ3n) is 5.14. The number of carbonyl (C=O) groups excluding carboxylic acids is 3. The van der Waals surface area contributed by atoms with Crippen LogP contribution in [0.25, 0.3) is 6.08 Å². The number of carbonyl (C=O) groups is 3. The van der Waals surface area contributed by atoms with E-state index in [0.29, 0.717) is 28.6 Å². The van der Waals surface area contributed by atoms with Gasteiger partial charge >= 0.3 is 0 Å². The average Bonchev–Trinajstić information content (AvgIpc) is 3.41. The molecule has 2 saturated heterocycles. The molecule has 3 amide bonds. The van der Waals surface area contributed by atoms with Gasteiger partial charge in [-0.1, -0.05) is 29.4 Å². The van der Waals surface area contributed by atoms with Crippen LogP contribution < -0.4 is 0 Å². The first-order valence-corrected chi connectivity index (χ1v) is 12.1. The number of hydrogen-bond donors (Lipinski definition) is 0. The zero-order chi connectivity index (χ0) is 23.5. The van der Waals surface area contributed by atoms with Crippen LogP contribution in [0.4, 0.5) is 10.5 Å². The number of imide groups is 1. The zero-order valence-electron chi connectivity index (χ0n) is 17.2. The Kier molecular flexibility index (Phi) is 7.06. The van der Waals surface area contributed by atoms with Crippen molar-refractivity contribution in [3.05, 3.63) is 68.1 Å². The van der Waals surface area contributed by atoms with Crippen molar-refractivity contribution in [3.63, 3.8) is 0 Å². The molecule has 0 saturated carbocycles. The molecule has 0 atom stereocenters. The molecular weight excluding hydrogens is 486 g/mol. The van der Waals surface area contributed by atoms with Crippen molar-refractivity contribution in [1.82, 2.24) is 9.80 Å². The second kappa shape index (κ2) is 9.98. The van der Waals surface area contributed by atoms with Gasteiger partial charge in [0.25, 0.3) is 16.8 Å². The maximum Gasteiger partial charge on any atom is 0.294 e. The maximum absolute atomic E-state index is 12.7. The number of thioether (sulfide) groups is 1. The van der Waals surface area contributed by atoms with Crippen LogP contribution in [0.15, 0.2) is 57.2 Å². The largest absolute Gasteiger partial charge is 0.341 e. The van der Waals surface area contributed by atoms with E-state index in [1.54, 1.807) is 41.3 Å². The van der Waals surface area contributed by atoms with E-state index in [9.17, 15) is 24.5 Å². The third kappa shape index (κ3) is 5.40. The summed E-state index contributed by atoms with van der Waals surface area (Å²) in [6, 6.07) is 11.6. The summed E-state index contributed by atoms with van der Waals surface area (Å²) in [6.45, 7) is 0.975. The molecule has 2 aromatic rings. The van der Waals surface area contributed by atoms with Crippen molar-refractivity contribution >= 4 is 63.9 Å². The highest BCUT2D eigenvalue weighted by Crippen LogP contribution is 2.37. The molecule has 170 valence electrons.